The number of benzene rings is 2. The fraction of sp³-hybridized carbons (Fsp3) is 0.273. The molecule has 0 bridgehead atoms. The molecule has 0 saturated carbocycles. The zero-order valence-corrected chi connectivity index (χ0v) is 16.4. The summed E-state index contributed by atoms with van der Waals surface area (Å²) in [6.45, 7) is 1.50. The zero-order valence-electron chi connectivity index (χ0n) is 16.4. The van der Waals surface area contributed by atoms with Crippen molar-refractivity contribution in [2.24, 2.45) is 5.73 Å². The van der Waals surface area contributed by atoms with Gasteiger partial charge in [-0.25, -0.2) is 14.4 Å². The van der Waals surface area contributed by atoms with Gasteiger partial charge in [-0.05, 0) is 48.9 Å². The molecule has 7 heteroatoms. The number of ether oxygens (including phenoxy) is 2. The Morgan fingerprint density at radius 1 is 0.931 bits per heavy atom. The van der Waals surface area contributed by atoms with Crippen LogP contribution < -0.4 is 20.1 Å². The summed E-state index contributed by atoms with van der Waals surface area (Å²) in [6, 6.07) is 13.9. The Labute approximate surface area is 169 Å². The maximum Gasteiger partial charge on any atom is 0.226 e. The predicted molar refractivity (Wildman–Crippen MR) is 111 cm³/mol. The van der Waals surface area contributed by atoms with E-state index in [9.17, 15) is 4.39 Å². The van der Waals surface area contributed by atoms with E-state index in [0.29, 0.717) is 29.7 Å². The van der Waals surface area contributed by atoms with Crippen molar-refractivity contribution in [2.75, 3.05) is 32.2 Å². The second-order valence-corrected chi connectivity index (χ2v) is 7.04. The summed E-state index contributed by atoms with van der Waals surface area (Å²) in [4.78, 5) is 11.6. The van der Waals surface area contributed by atoms with E-state index in [0.717, 1.165) is 29.8 Å². The number of halogens is 1. The van der Waals surface area contributed by atoms with Gasteiger partial charge >= 0.3 is 0 Å². The summed E-state index contributed by atoms with van der Waals surface area (Å²) < 4.78 is 24.2. The summed E-state index contributed by atoms with van der Waals surface area (Å²) in [5, 5.41) is 0. The number of rotatable bonds is 5. The first kappa shape index (κ1) is 19.1. The molecule has 150 valence electrons. The van der Waals surface area contributed by atoms with Crippen LogP contribution in [0.15, 0.2) is 48.5 Å². The molecule has 2 heterocycles. The molecule has 1 aliphatic rings. The van der Waals surface area contributed by atoms with Gasteiger partial charge in [0.05, 0.1) is 25.6 Å². The third-order valence-electron chi connectivity index (χ3n) is 5.01. The molecule has 2 N–H and O–H groups in total. The normalized spacial score (nSPS) is 16.1. The highest BCUT2D eigenvalue weighted by atomic mass is 19.1. The van der Waals surface area contributed by atoms with E-state index in [1.54, 1.807) is 26.4 Å². The fourth-order valence-corrected chi connectivity index (χ4v) is 3.42. The Bertz CT molecular complexity index is 988. The van der Waals surface area contributed by atoms with Crippen LogP contribution in [0.1, 0.15) is 6.42 Å². The largest absolute Gasteiger partial charge is 0.497 e. The molecule has 0 amide bonds. The van der Waals surface area contributed by atoms with Crippen LogP contribution in [0.2, 0.25) is 0 Å². The summed E-state index contributed by atoms with van der Waals surface area (Å²) >= 11 is 0. The lowest BCUT2D eigenvalue weighted by Crippen LogP contribution is -2.27. The van der Waals surface area contributed by atoms with E-state index in [4.69, 9.17) is 25.2 Å². The van der Waals surface area contributed by atoms with E-state index in [1.165, 1.54) is 12.1 Å². The Hall–Kier alpha value is -3.19. The van der Waals surface area contributed by atoms with Crippen LogP contribution in [0.5, 0.6) is 11.5 Å². The van der Waals surface area contributed by atoms with Gasteiger partial charge < -0.3 is 20.1 Å². The predicted octanol–water partition coefficient (Wildman–Crippen LogP) is 3.50. The fourth-order valence-electron chi connectivity index (χ4n) is 3.42. The molecule has 4 rings (SSSR count). The van der Waals surface area contributed by atoms with Crippen LogP contribution >= 0.6 is 0 Å². The van der Waals surface area contributed by atoms with Crippen LogP contribution in [0.3, 0.4) is 0 Å². The van der Waals surface area contributed by atoms with Gasteiger partial charge in [0.1, 0.15) is 17.3 Å². The third kappa shape index (κ3) is 4.14. The summed E-state index contributed by atoms with van der Waals surface area (Å²) in [5.74, 6) is 1.67. The van der Waals surface area contributed by atoms with Crippen molar-refractivity contribution in [3.8, 4) is 34.0 Å². The quantitative estimate of drug-likeness (QED) is 0.714. The number of nitrogens with two attached hydrogens (primary N) is 1. The molecular formula is C22H23FN4O2. The maximum absolute atomic E-state index is 13.4. The Balaban J connectivity index is 1.84. The van der Waals surface area contributed by atoms with Crippen molar-refractivity contribution in [3.63, 3.8) is 0 Å². The van der Waals surface area contributed by atoms with Gasteiger partial charge in [0.2, 0.25) is 5.95 Å². The van der Waals surface area contributed by atoms with Crippen LogP contribution in [-0.4, -0.2) is 43.3 Å². The molecule has 1 fully saturated rings. The first-order valence-electron chi connectivity index (χ1n) is 9.44. The zero-order chi connectivity index (χ0) is 20.4. The van der Waals surface area contributed by atoms with Gasteiger partial charge in [0.25, 0.3) is 0 Å². The van der Waals surface area contributed by atoms with E-state index in [2.05, 4.69) is 4.90 Å². The molecule has 1 atom stereocenters. The van der Waals surface area contributed by atoms with Crippen LogP contribution in [-0.2, 0) is 0 Å². The first-order valence-corrected chi connectivity index (χ1v) is 9.44. The van der Waals surface area contributed by atoms with Crippen molar-refractivity contribution in [2.45, 2.75) is 12.5 Å². The van der Waals surface area contributed by atoms with E-state index in [1.807, 2.05) is 24.3 Å². The number of methoxy groups -OCH3 is 2. The van der Waals surface area contributed by atoms with Gasteiger partial charge in [-0.1, -0.05) is 0 Å². The standard InChI is InChI=1S/C22H23FN4O2/c1-28-18-9-15(10-19(11-18)29-2)21-12-20(14-3-5-16(23)6-4-14)25-22(26-21)27-8-7-17(24)13-27/h3-6,9-12,17H,7-8,13,24H2,1-2H3. The maximum atomic E-state index is 13.4. The van der Waals surface area contributed by atoms with E-state index < -0.39 is 0 Å². The van der Waals surface area contributed by atoms with Crippen molar-refractivity contribution < 1.29 is 13.9 Å². The minimum absolute atomic E-state index is 0.105. The van der Waals surface area contributed by atoms with Crippen molar-refractivity contribution in [1.29, 1.82) is 0 Å². The molecule has 6 nitrogen and oxygen atoms in total. The molecule has 1 aromatic heterocycles. The van der Waals surface area contributed by atoms with Crippen LogP contribution in [0.4, 0.5) is 10.3 Å². The highest BCUT2D eigenvalue weighted by Gasteiger charge is 2.23. The minimum Gasteiger partial charge on any atom is -0.497 e. The second kappa shape index (κ2) is 8.05. The molecule has 29 heavy (non-hydrogen) atoms. The van der Waals surface area contributed by atoms with Gasteiger partial charge in [0, 0.05) is 36.3 Å². The first-order chi connectivity index (χ1) is 14.1. The molecule has 0 spiro atoms. The molecule has 3 aromatic rings. The van der Waals surface area contributed by atoms with Crippen molar-refractivity contribution >= 4 is 5.95 Å². The molecule has 1 unspecified atom stereocenters. The number of hydrogen-bond donors (Lipinski definition) is 1. The van der Waals surface area contributed by atoms with Gasteiger partial charge in [-0.2, -0.15) is 0 Å². The van der Waals surface area contributed by atoms with Gasteiger partial charge in [-0.3, -0.25) is 0 Å². The van der Waals surface area contributed by atoms with Crippen LogP contribution in [0, 0.1) is 5.82 Å². The average Bonchev–Trinajstić information content (AvgIpc) is 3.20. The summed E-state index contributed by atoms with van der Waals surface area (Å²) in [7, 11) is 3.22. The number of hydrogen-bond acceptors (Lipinski definition) is 6. The van der Waals surface area contributed by atoms with Crippen molar-refractivity contribution in [1.82, 2.24) is 9.97 Å². The third-order valence-corrected chi connectivity index (χ3v) is 5.01. The number of nitrogens with zero attached hydrogens (tertiary/aromatic N) is 3. The smallest absolute Gasteiger partial charge is 0.226 e. The molecular weight excluding hydrogens is 371 g/mol. The molecule has 0 radical (unpaired) electrons. The van der Waals surface area contributed by atoms with Gasteiger partial charge in [-0.15, -0.1) is 0 Å². The van der Waals surface area contributed by atoms with Gasteiger partial charge in [0.15, 0.2) is 0 Å². The Morgan fingerprint density at radius 3 is 2.10 bits per heavy atom. The topological polar surface area (TPSA) is 73.5 Å². The summed E-state index contributed by atoms with van der Waals surface area (Å²) in [5.41, 5.74) is 9.18. The lowest BCUT2D eigenvalue weighted by molar-refractivity contribution is 0.394. The molecule has 2 aromatic carbocycles. The number of anilines is 1. The molecule has 1 saturated heterocycles. The SMILES string of the molecule is COc1cc(OC)cc(-c2cc(-c3ccc(F)cc3)nc(N3CCC(N)C3)n2)c1. The lowest BCUT2D eigenvalue weighted by Gasteiger charge is -2.18. The Kier molecular flexibility index (Phi) is 5.31. The van der Waals surface area contributed by atoms with Crippen molar-refractivity contribution in [3.05, 3.63) is 54.3 Å². The highest BCUT2D eigenvalue weighted by molar-refractivity contribution is 5.71. The summed E-state index contributed by atoms with van der Waals surface area (Å²) in [6.07, 6.45) is 0.895. The molecule has 1 aliphatic heterocycles. The lowest BCUT2D eigenvalue weighted by atomic mass is 10.1. The minimum atomic E-state index is -0.286. The highest BCUT2D eigenvalue weighted by Crippen LogP contribution is 2.32. The van der Waals surface area contributed by atoms with E-state index >= 15 is 0 Å². The molecule has 0 aliphatic carbocycles. The van der Waals surface area contributed by atoms with Crippen LogP contribution in [0.25, 0.3) is 22.5 Å². The average molecular weight is 394 g/mol. The van der Waals surface area contributed by atoms with E-state index in [-0.39, 0.29) is 11.9 Å². The Morgan fingerprint density at radius 2 is 1.55 bits per heavy atom. The number of aromatic nitrogens is 2. The second-order valence-electron chi connectivity index (χ2n) is 7.04. The monoisotopic (exact) mass is 394 g/mol.